The molecule has 0 radical (unpaired) electrons. The Morgan fingerprint density at radius 2 is 1.92 bits per heavy atom. The number of hydrogen-bond acceptors (Lipinski definition) is 6. The summed E-state index contributed by atoms with van der Waals surface area (Å²) in [6.07, 6.45) is 1.59. The van der Waals surface area contributed by atoms with Gasteiger partial charge in [0.25, 0.3) is 0 Å². The Kier molecular flexibility index (Phi) is 3.89. The van der Waals surface area contributed by atoms with Crippen molar-refractivity contribution >= 4 is 40.2 Å². The summed E-state index contributed by atoms with van der Waals surface area (Å²) in [5.41, 5.74) is 8.21. The zero-order valence-electron chi connectivity index (χ0n) is 13.3. The van der Waals surface area contributed by atoms with Crippen LogP contribution in [0.15, 0.2) is 30.6 Å². The number of piperazine rings is 1. The first kappa shape index (κ1) is 15.6. The van der Waals surface area contributed by atoms with Gasteiger partial charge in [-0.3, -0.25) is 4.79 Å². The monoisotopic (exact) mass is 357 g/mol. The summed E-state index contributed by atoms with van der Waals surface area (Å²) in [7, 11) is 0. The summed E-state index contributed by atoms with van der Waals surface area (Å²) >= 11 is 6.02. The topological polar surface area (TPSA) is 104 Å². The van der Waals surface area contributed by atoms with Crippen LogP contribution in [0.25, 0.3) is 11.2 Å². The van der Waals surface area contributed by atoms with Crippen LogP contribution in [0.4, 0.5) is 11.5 Å². The lowest BCUT2D eigenvalue weighted by atomic mass is 10.1. The minimum atomic E-state index is -0.419. The van der Waals surface area contributed by atoms with Gasteiger partial charge < -0.3 is 20.5 Å². The second-order valence-corrected chi connectivity index (χ2v) is 6.14. The van der Waals surface area contributed by atoms with Gasteiger partial charge in [0.15, 0.2) is 17.0 Å². The van der Waals surface area contributed by atoms with Gasteiger partial charge in [0.1, 0.15) is 0 Å². The maximum Gasteiger partial charge on any atom is 0.248 e. The molecule has 1 saturated heterocycles. The number of primary amides is 1. The van der Waals surface area contributed by atoms with Crippen molar-refractivity contribution in [2.75, 3.05) is 36.0 Å². The number of aromatic amines is 1. The number of hydrogen-bond donors (Lipinski definition) is 2. The Morgan fingerprint density at radius 3 is 2.68 bits per heavy atom. The minimum absolute atomic E-state index is 0.198. The molecule has 128 valence electrons. The van der Waals surface area contributed by atoms with E-state index in [9.17, 15) is 4.79 Å². The molecule has 4 rings (SSSR count). The van der Waals surface area contributed by atoms with Crippen molar-refractivity contribution in [3.05, 3.63) is 41.4 Å². The Labute approximate surface area is 148 Å². The molecule has 0 saturated carbocycles. The molecule has 0 spiro atoms. The zero-order chi connectivity index (χ0) is 17.4. The molecule has 3 heterocycles. The fourth-order valence-corrected chi connectivity index (χ4v) is 3.21. The second-order valence-electron chi connectivity index (χ2n) is 5.80. The van der Waals surface area contributed by atoms with E-state index in [0.29, 0.717) is 16.7 Å². The van der Waals surface area contributed by atoms with Crippen LogP contribution in [0.1, 0.15) is 10.4 Å². The van der Waals surface area contributed by atoms with Gasteiger partial charge in [-0.1, -0.05) is 6.07 Å². The van der Waals surface area contributed by atoms with E-state index in [4.69, 9.17) is 17.3 Å². The number of benzene rings is 1. The van der Waals surface area contributed by atoms with Crippen molar-refractivity contribution in [2.45, 2.75) is 0 Å². The van der Waals surface area contributed by atoms with Gasteiger partial charge in [-0.05, 0) is 29.8 Å². The average Bonchev–Trinajstić information content (AvgIpc) is 3.09. The van der Waals surface area contributed by atoms with Crippen LogP contribution in [-0.2, 0) is 0 Å². The van der Waals surface area contributed by atoms with Crippen molar-refractivity contribution in [3.63, 3.8) is 0 Å². The van der Waals surface area contributed by atoms with Gasteiger partial charge in [-0.15, -0.1) is 0 Å². The summed E-state index contributed by atoms with van der Waals surface area (Å²) in [5.74, 6) is 0.318. The molecule has 1 aromatic carbocycles. The third-order valence-corrected chi connectivity index (χ3v) is 4.48. The number of imidazole rings is 1. The van der Waals surface area contributed by atoms with Crippen LogP contribution >= 0.6 is 11.6 Å². The fourth-order valence-electron chi connectivity index (χ4n) is 3.05. The van der Waals surface area contributed by atoms with E-state index in [1.165, 1.54) is 0 Å². The Bertz CT molecular complexity index is 933. The summed E-state index contributed by atoms with van der Waals surface area (Å²) < 4.78 is 0. The van der Waals surface area contributed by atoms with Crippen molar-refractivity contribution in [1.29, 1.82) is 0 Å². The third kappa shape index (κ3) is 2.96. The number of carbonyl (C=O) groups excluding carboxylic acids is 1. The molecule has 3 aromatic rings. The van der Waals surface area contributed by atoms with Gasteiger partial charge in [-0.25, -0.2) is 4.98 Å². The number of aromatic nitrogens is 4. The number of nitrogens with one attached hydrogen (secondary N) is 1. The van der Waals surface area contributed by atoms with Crippen LogP contribution < -0.4 is 15.5 Å². The highest BCUT2D eigenvalue weighted by molar-refractivity contribution is 6.28. The van der Waals surface area contributed by atoms with E-state index in [2.05, 4.69) is 29.7 Å². The zero-order valence-corrected chi connectivity index (χ0v) is 14.1. The van der Waals surface area contributed by atoms with Crippen LogP contribution in [0.2, 0.25) is 5.28 Å². The quantitative estimate of drug-likeness (QED) is 0.687. The lowest BCUT2D eigenvalue weighted by Crippen LogP contribution is -2.47. The van der Waals surface area contributed by atoms with Crippen LogP contribution in [0.3, 0.4) is 0 Å². The number of halogens is 1. The third-order valence-electron chi connectivity index (χ3n) is 4.31. The van der Waals surface area contributed by atoms with Crippen molar-refractivity contribution in [2.24, 2.45) is 5.73 Å². The summed E-state index contributed by atoms with van der Waals surface area (Å²) in [6, 6.07) is 7.37. The van der Waals surface area contributed by atoms with Crippen LogP contribution in [0.5, 0.6) is 0 Å². The number of carbonyl (C=O) groups is 1. The minimum Gasteiger partial charge on any atom is -0.368 e. The first-order valence-electron chi connectivity index (χ1n) is 7.88. The molecule has 0 atom stereocenters. The molecule has 1 aliphatic rings. The Morgan fingerprint density at radius 1 is 1.16 bits per heavy atom. The maximum absolute atomic E-state index is 11.4. The first-order valence-corrected chi connectivity index (χ1v) is 8.26. The summed E-state index contributed by atoms with van der Waals surface area (Å²) in [5, 5.41) is 0.198. The lowest BCUT2D eigenvalue weighted by molar-refractivity contribution is 0.100. The normalized spacial score (nSPS) is 14.9. The number of rotatable bonds is 3. The van der Waals surface area contributed by atoms with E-state index < -0.39 is 5.91 Å². The van der Waals surface area contributed by atoms with Crippen molar-refractivity contribution in [3.8, 4) is 0 Å². The van der Waals surface area contributed by atoms with Crippen molar-refractivity contribution in [1.82, 2.24) is 19.9 Å². The van der Waals surface area contributed by atoms with Gasteiger partial charge >= 0.3 is 0 Å². The molecule has 1 aliphatic heterocycles. The second kappa shape index (κ2) is 6.21. The van der Waals surface area contributed by atoms with Gasteiger partial charge in [0.05, 0.1) is 6.33 Å². The molecule has 25 heavy (non-hydrogen) atoms. The number of amides is 1. The molecule has 0 bridgehead atoms. The predicted octanol–water partition coefficient (Wildman–Crippen LogP) is 1.43. The Balaban J connectivity index is 1.54. The van der Waals surface area contributed by atoms with E-state index in [-0.39, 0.29) is 5.28 Å². The smallest absolute Gasteiger partial charge is 0.248 e. The SMILES string of the molecule is NC(=O)c1cccc(N2CCN(c3nc(Cl)nc4[nH]cnc34)CC2)c1. The molecule has 8 nitrogen and oxygen atoms in total. The molecular formula is C16H16ClN7O. The number of H-pyrrole nitrogens is 1. The van der Waals surface area contributed by atoms with E-state index >= 15 is 0 Å². The van der Waals surface area contributed by atoms with Gasteiger partial charge in [0, 0.05) is 37.4 Å². The molecule has 1 amide bonds. The largest absolute Gasteiger partial charge is 0.368 e. The van der Waals surface area contributed by atoms with E-state index in [1.807, 2.05) is 18.2 Å². The van der Waals surface area contributed by atoms with E-state index in [0.717, 1.165) is 37.7 Å². The maximum atomic E-state index is 11.4. The molecule has 0 aliphatic carbocycles. The number of nitrogens with two attached hydrogens (primary N) is 1. The van der Waals surface area contributed by atoms with Gasteiger partial charge in [-0.2, -0.15) is 9.97 Å². The molecule has 3 N–H and O–H groups in total. The molecular weight excluding hydrogens is 342 g/mol. The molecule has 9 heteroatoms. The summed E-state index contributed by atoms with van der Waals surface area (Å²) in [6.45, 7) is 3.09. The number of nitrogens with zero attached hydrogens (tertiary/aromatic N) is 5. The van der Waals surface area contributed by atoms with Gasteiger partial charge in [0.2, 0.25) is 11.2 Å². The standard InChI is InChI=1S/C16H16ClN7O/c17-16-21-14-12(19-9-20-14)15(22-16)24-6-4-23(5-7-24)11-3-1-2-10(8-11)13(18)25/h1-3,8-9H,4-7H2,(H2,18,25)(H,19,20,21,22). The highest BCUT2D eigenvalue weighted by Gasteiger charge is 2.22. The fraction of sp³-hybridized carbons (Fsp3) is 0.250. The van der Waals surface area contributed by atoms with Crippen molar-refractivity contribution < 1.29 is 4.79 Å². The molecule has 2 aromatic heterocycles. The highest BCUT2D eigenvalue weighted by atomic mass is 35.5. The predicted molar refractivity (Wildman–Crippen MR) is 96.1 cm³/mol. The number of anilines is 2. The summed E-state index contributed by atoms with van der Waals surface area (Å²) in [4.78, 5) is 31.5. The van der Waals surface area contributed by atoms with Crippen LogP contribution in [0, 0.1) is 0 Å². The Hall–Kier alpha value is -2.87. The average molecular weight is 358 g/mol. The lowest BCUT2D eigenvalue weighted by Gasteiger charge is -2.36. The van der Waals surface area contributed by atoms with Crippen LogP contribution in [-0.4, -0.2) is 52.0 Å². The highest BCUT2D eigenvalue weighted by Crippen LogP contribution is 2.25. The molecule has 1 fully saturated rings. The first-order chi connectivity index (χ1) is 12.1. The molecule has 0 unspecified atom stereocenters. The number of fused-ring (bicyclic) bond motifs is 1. The van der Waals surface area contributed by atoms with E-state index in [1.54, 1.807) is 12.4 Å².